The molecule has 0 aliphatic carbocycles. The number of para-hydroxylation sites is 1. The molecule has 0 saturated heterocycles. The molecule has 4 aromatic rings. The Kier molecular flexibility index (Phi) is 6.68. The molecule has 0 fully saturated rings. The Hall–Kier alpha value is -3.83. The second-order valence-corrected chi connectivity index (χ2v) is 7.43. The van der Waals surface area contributed by atoms with Crippen molar-refractivity contribution in [2.24, 2.45) is 5.10 Å². The molecule has 0 heterocycles. The zero-order valence-electron chi connectivity index (χ0n) is 17.4. The lowest BCUT2D eigenvalue weighted by Crippen LogP contribution is -2.17. The van der Waals surface area contributed by atoms with E-state index in [-0.39, 0.29) is 12.5 Å². The molecule has 0 radical (unpaired) electrons. The van der Waals surface area contributed by atoms with Crippen molar-refractivity contribution < 1.29 is 14.3 Å². The second kappa shape index (κ2) is 9.98. The van der Waals surface area contributed by atoms with Crippen LogP contribution in [0.5, 0.6) is 11.5 Å². The quantitative estimate of drug-likeness (QED) is 0.287. The van der Waals surface area contributed by atoms with Crippen LogP contribution in [0.2, 0.25) is 5.02 Å². The summed E-state index contributed by atoms with van der Waals surface area (Å²) in [7, 11) is 1.57. The third-order valence-electron chi connectivity index (χ3n) is 4.94. The first-order chi connectivity index (χ1) is 15.7. The summed E-state index contributed by atoms with van der Waals surface area (Å²) in [5.74, 6) is 0.772. The lowest BCUT2D eigenvalue weighted by Gasteiger charge is -2.13. The van der Waals surface area contributed by atoms with Crippen LogP contribution < -0.4 is 14.9 Å². The molecule has 1 amide bonds. The number of hydrogen-bond donors (Lipinski definition) is 1. The summed E-state index contributed by atoms with van der Waals surface area (Å²) >= 11 is 6.23. The Morgan fingerprint density at radius 2 is 1.75 bits per heavy atom. The number of rotatable bonds is 7. The maximum atomic E-state index is 12.5. The molecule has 0 aliphatic rings. The molecule has 0 spiro atoms. The Bertz CT molecular complexity index is 1290. The van der Waals surface area contributed by atoms with Crippen LogP contribution in [0.15, 0.2) is 90.0 Å². The molecular formula is C26H21ClN2O3. The molecule has 4 aromatic carbocycles. The number of benzene rings is 4. The molecule has 5 nitrogen and oxygen atoms in total. The number of nitrogens with zero attached hydrogens (tertiary/aromatic N) is 1. The lowest BCUT2D eigenvalue weighted by molar-refractivity contribution is 0.0955. The number of hydrogen-bond acceptors (Lipinski definition) is 4. The van der Waals surface area contributed by atoms with Gasteiger partial charge in [0.1, 0.15) is 6.61 Å². The van der Waals surface area contributed by atoms with Gasteiger partial charge in [0.05, 0.1) is 13.3 Å². The minimum Gasteiger partial charge on any atom is -0.493 e. The number of halogens is 1. The van der Waals surface area contributed by atoms with E-state index in [0.717, 1.165) is 16.3 Å². The minimum absolute atomic E-state index is 0.268. The van der Waals surface area contributed by atoms with E-state index < -0.39 is 0 Å². The van der Waals surface area contributed by atoms with Crippen molar-refractivity contribution in [2.45, 2.75) is 6.61 Å². The van der Waals surface area contributed by atoms with Crippen molar-refractivity contribution in [1.29, 1.82) is 0 Å². The average Bonchev–Trinajstić information content (AvgIpc) is 2.83. The van der Waals surface area contributed by atoms with Gasteiger partial charge >= 0.3 is 0 Å². The summed E-state index contributed by atoms with van der Waals surface area (Å²) in [6.45, 7) is 0.268. The molecule has 0 aromatic heterocycles. The monoisotopic (exact) mass is 444 g/mol. The largest absolute Gasteiger partial charge is 0.493 e. The summed E-state index contributed by atoms with van der Waals surface area (Å²) < 4.78 is 11.4. The van der Waals surface area contributed by atoms with Crippen LogP contribution in [0.1, 0.15) is 21.5 Å². The predicted molar refractivity (Wildman–Crippen MR) is 128 cm³/mol. The van der Waals surface area contributed by atoms with E-state index in [1.807, 2.05) is 72.8 Å². The Labute approximate surface area is 191 Å². The predicted octanol–water partition coefficient (Wildman–Crippen LogP) is 5.84. The summed E-state index contributed by atoms with van der Waals surface area (Å²) in [4.78, 5) is 12.5. The van der Waals surface area contributed by atoms with Crippen LogP contribution in [0.25, 0.3) is 10.8 Å². The van der Waals surface area contributed by atoms with Gasteiger partial charge in [-0.3, -0.25) is 4.79 Å². The van der Waals surface area contributed by atoms with Crippen LogP contribution >= 0.6 is 11.6 Å². The molecular weight excluding hydrogens is 424 g/mol. The Morgan fingerprint density at radius 1 is 0.969 bits per heavy atom. The summed E-state index contributed by atoms with van der Waals surface area (Å²) in [5, 5.41) is 6.81. The highest BCUT2D eigenvalue weighted by Crippen LogP contribution is 2.31. The molecule has 0 aliphatic heterocycles. The number of carbonyl (C=O) groups excluding carboxylic acids is 1. The fraction of sp³-hybridized carbons (Fsp3) is 0.0769. The van der Waals surface area contributed by atoms with E-state index in [2.05, 4.69) is 10.5 Å². The number of amides is 1. The summed E-state index contributed by atoms with van der Waals surface area (Å²) in [6.07, 6.45) is 1.53. The van der Waals surface area contributed by atoms with Crippen molar-refractivity contribution >= 4 is 34.5 Å². The molecule has 32 heavy (non-hydrogen) atoms. The van der Waals surface area contributed by atoms with E-state index in [9.17, 15) is 4.79 Å². The fourth-order valence-electron chi connectivity index (χ4n) is 3.27. The van der Waals surface area contributed by atoms with Gasteiger partial charge in [-0.15, -0.1) is 0 Å². The highest BCUT2D eigenvalue weighted by Gasteiger charge is 2.11. The smallest absolute Gasteiger partial charge is 0.271 e. The lowest BCUT2D eigenvalue weighted by atomic mass is 10.1. The number of nitrogens with one attached hydrogen (secondary N) is 1. The minimum atomic E-state index is -0.298. The molecule has 4 rings (SSSR count). The van der Waals surface area contributed by atoms with Gasteiger partial charge in [-0.1, -0.05) is 66.2 Å². The van der Waals surface area contributed by atoms with Gasteiger partial charge < -0.3 is 9.47 Å². The van der Waals surface area contributed by atoms with E-state index in [0.29, 0.717) is 27.6 Å². The average molecular weight is 445 g/mol. The number of fused-ring (bicyclic) bond motifs is 1. The highest BCUT2D eigenvalue weighted by molar-refractivity contribution is 6.31. The molecule has 6 heteroatoms. The Morgan fingerprint density at radius 3 is 2.56 bits per heavy atom. The van der Waals surface area contributed by atoms with E-state index in [1.54, 1.807) is 19.2 Å². The van der Waals surface area contributed by atoms with Crippen molar-refractivity contribution in [3.63, 3.8) is 0 Å². The maximum Gasteiger partial charge on any atom is 0.271 e. The zero-order valence-corrected chi connectivity index (χ0v) is 18.2. The van der Waals surface area contributed by atoms with E-state index in [4.69, 9.17) is 21.1 Å². The molecule has 0 atom stereocenters. The molecule has 0 saturated carbocycles. The van der Waals surface area contributed by atoms with Crippen molar-refractivity contribution in [2.75, 3.05) is 7.11 Å². The van der Waals surface area contributed by atoms with Crippen LogP contribution in [-0.4, -0.2) is 19.2 Å². The number of hydrazone groups is 1. The highest BCUT2D eigenvalue weighted by atomic mass is 35.5. The summed E-state index contributed by atoms with van der Waals surface area (Å²) in [5.41, 5.74) is 4.62. The first-order valence-electron chi connectivity index (χ1n) is 10.0. The number of ether oxygens (including phenoxy) is 2. The maximum absolute atomic E-state index is 12.5. The first kappa shape index (κ1) is 21.4. The van der Waals surface area contributed by atoms with Crippen molar-refractivity contribution in [1.82, 2.24) is 5.43 Å². The molecule has 0 bridgehead atoms. The van der Waals surface area contributed by atoms with Gasteiger partial charge in [-0.2, -0.15) is 5.10 Å². The summed E-state index contributed by atoms with van der Waals surface area (Å²) in [6, 6.07) is 26.3. The SMILES string of the molecule is COc1cccc(/C=N\NC(=O)c2ccc3ccccc3c2)c1OCc1ccccc1Cl. The number of carbonyl (C=O) groups is 1. The standard InChI is InChI=1S/C26H21ClN2O3/c1-31-24-12-6-10-21(25(24)32-17-22-9-4-5-11-23(22)27)16-28-29-26(30)20-14-13-18-7-2-3-8-19(18)15-20/h2-16H,17H2,1H3,(H,29,30)/b28-16-. The van der Waals surface area contributed by atoms with Crippen LogP contribution in [0.3, 0.4) is 0 Å². The van der Waals surface area contributed by atoms with Crippen molar-refractivity contribution in [3.8, 4) is 11.5 Å². The van der Waals surface area contributed by atoms with E-state index in [1.165, 1.54) is 6.21 Å². The normalized spacial score (nSPS) is 10.9. The van der Waals surface area contributed by atoms with Gasteiger partial charge in [0.2, 0.25) is 0 Å². The van der Waals surface area contributed by atoms with Crippen LogP contribution in [0.4, 0.5) is 0 Å². The topological polar surface area (TPSA) is 59.9 Å². The van der Waals surface area contributed by atoms with Gasteiger partial charge in [0.25, 0.3) is 5.91 Å². The fourth-order valence-corrected chi connectivity index (χ4v) is 3.46. The van der Waals surface area contributed by atoms with Gasteiger partial charge in [0, 0.05) is 21.7 Å². The zero-order chi connectivity index (χ0) is 22.3. The molecule has 0 unspecified atom stereocenters. The number of methoxy groups -OCH3 is 1. The third kappa shape index (κ3) is 4.90. The van der Waals surface area contributed by atoms with Gasteiger partial charge in [0.15, 0.2) is 11.5 Å². The molecule has 160 valence electrons. The Balaban J connectivity index is 1.50. The van der Waals surface area contributed by atoms with Crippen LogP contribution in [-0.2, 0) is 6.61 Å². The van der Waals surface area contributed by atoms with Gasteiger partial charge in [-0.05, 0) is 41.1 Å². The van der Waals surface area contributed by atoms with Crippen LogP contribution in [0, 0.1) is 0 Å². The third-order valence-corrected chi connectivity index (χ3v) is 5.31. The van der Waals surface area contributed by atoms with E-state index >= 15 is 0 Å². The first-order valence-corrected chi connectivity index (χ1v) is 10.4. The second-order valence-electron chi connectivity index (χ2n) is 7.02. The van der Waals surface area contributed by atoms with Gasteiger partial charge in [-0.25, -0.2) is 5.43 Å². The van der Waals surface area contributed by atoms with Crippen molar-refractivity contribution in [3.05, 3.63) is 107 Å². The molecule has 1 N–H and O–H groups in total.